The molecule has 1 saturated heterocycles. The molecule has 16 heavy (non-hydrogen) atoms. The summed E-state index contributed by atoms with van der Waals surface area (Å²) in [5.41, 5.74) is 1.52. The fourth-order valence-electron chi connectivity index (χ4n) is 1.93. The van der Waals surface area contributed by atoms with Crippen LogP contribution >= 0.6 is 0 Å². The van der Waals surface area contributed by atoms with E-state index >= 15 is 0 Å². The molecule has 1 fully saturated rings. The molecule has 0 saturated carbocycles. The van der Waals surface area contributed by atoms with Gasteiger partial charge in [0.25, 0.3) is 0 Å². The molecule has 0 aliphatic carbocycles. The van der Waals surface area contributed by atoms with Gasteiger partial charge < -0.3 is 15.8 Å². The Morgan fingerprint density at radius 3 is 2.62 bits per heavy atom. The Bertz CT molecular complexity index is 321. The number of hydrogen-bond donors (Lipinski definition) is 4. The largest absolute Gasteiger partial charge is 0.595 e. The van der Waals surface area contributed by atoms with Crippen LogP contribution in [-0.4, -0.2) is 30.9 Å². The smallest absolute Gasteiger partial charge is 0.163 e. The van der Waals surface area contributed by atoms with Crippen molar-refractivity contribution < 1.29 is 10.4 Å². The van der Waals surface area contributed by atoms with Gasteiger partial charge in [-0.15, -0.1) is 0 Å². The third-order valence-electron chi connectivity index (χ3n) is 2.81. The second kappa shape index (κ2) is 5.38. The highest BCUT2D eigenvalue weighted by molar-refractivity contribution is 5.32. The Kier molecular flexibility index (Phi) is 3.87. The van der Waals surface area contributed by atoms with Gasteiger partial charge in [-0.2, -0.15) is 5.23 Å². The minimum atomic E-state index is -0.871. The molecule has 5 nitrogen and oxygen atoms in total. The minimum Gasteiger partial charge on any atom is -0.595 e. The lowest BCUT2D eigenvalue weighted by Gasteiger charge is -2.24. The van der Waals surface area contributed by atoms with E-state index < -0.39 is 5.23 Å². The van der Waals surface area contributed by atoms with E-state index in [0.717, 1.165) is 26.1 Å². The second-order valence-electron chi connectivity index (χ2n) is 4.06. The zero-order valence-electron chi connectivity index (χ0n) is 9.07. The highest BCUT2D eigenvalue weighted by Crippen LogP contribution is 2.08. The third-order valence-corrected chi connectivity index (χ3v) is 2.81. The predicted octanol–water partition coefficient (Wildman–Crippen LogP) is -0.806. The van der Waals surface area contributed by atoms with E-state index in [-0.39, 0.29) is 0 Å². The number of hydrogen-bond acceptors (Lipinski definition) is 4. The molecule has 0 bridgehead atoms. The van der Waals surface area contributed by atoms with Gasteiger partial charge in [0.1, 0.15) is 0 Å². The molecule has 0 spiro atoms. The number of quaternary nitrogens is 1. The van der Waals surface area contributed by atoms with Crippen molar-refractivity contribution in [1.82, 2.24) is 10.6 Å². The fourth-order valence-corrected chi connectivity index (χ4v) is 1.93. The summed E-state index contributed by atoms with van der Waals surface area (Å²) >= 11 is 0. The maximum Gasteiger partial charge on any atom is 0.163 e. The predicted molar refractivity (Wildman–Crippen MR) is 60.6 cm³/mol. The third kappa shape index (κ3) is 3.01. The molecule has 1 unspecified atom stereocenters. The van der Waals surface area contributed by atoms with E-state index in [1.807, 2.05) is 12.1 Å². The van der Waals surface area contributed by atoms with Crippen molar-refractivity contribution in [2.75, 3.05) is 19.6 Å². The number of benzene rings is 1. The maximum absolute atomic E-state index is 10.7. The zero-order chi connectivity index (χ0) is 11.4. The molecule has 5 heteroatoms. The number of rotatable bonds is 3. The van der Waals surface area contributed by atoms with E-state index in [4.69, 9.17) is 5.21 Å². The van der Waals surface area contributed by atoms with Gasteiger partial charge in [-0.25, -0.2) is 5.21 Å². The molecule has 1 aromatic carbocycles. The number of nitrogens with one attached hydrogen (secondary N) is 3. The Hall–Kier alpha value is -0.980. The second-order valence-corrected chi connectivity index (χ2v) is 4.06. The monoisotopic (exact) mass is 223 g/mol. The SMILES string of the molecule is [O-][NH+](O)c1ccc(C[C@H]2CNCCN2)cc1. The van der Waals surface area contributed by atoms with Crippen LogP contribution in [0.5, 0.6) is 0 Å². The highest BCUT2D eigenvalue weighted by atomic mass is 16.8. The van der Waals surface area contributed by atoms with Gasteiger partial charge in [-0.3, -0.25) is 0 Å². The first-order valence-corrected chi connectivity index (χ1v) is 5.52. The maximum atomic E-state index is 10.7. The topological polar surface area (TPSA) is 71.8 Å². The van der Waals surface area contributed by atoms with Gasteiger partial charge in [-0.05, 0) is 12.0 Å². The average Bonchev–Trinajstić information content (AvgIpc) is 2.31. The lowest BCUT2D eigenvalue weighted by atomic mass is 10.0. The molecule has 0 aromatic heterocycles. The summed E-state index contributed by atoms with van der Waals surface area (Å²) in [6.07, 6.45) is 0.937. The molecule has 1 heterocycles. The summed E-state index contributed by atoms with van der Waals surface area (Å²) in [6, 6.07) is 7.55. The van der Waals surface area contributed by atoms with E-state index in [2.05, 4.69) is 10.6 Å². The summed E-state index contributed by atoms with van der Waals surface area (Å²) in [5, 5.41) is 25.3. The van der Waals surface area contributed by atoms with E-state index in [1.165, 1.54) is 5.56 Å². The molecule has 2 rings (SSSR count). The van der Waals surface area contributed by atoms with Crippen LogP contribution in [0.1, 0.15) is 5.56 Å². The molecule has 0 radical (unpaired) electrons. The van der Waals surface area contributed by atoms with Gasteiger partial charge in [0.15, 0.2) is 5.69 Å². The molecule has 1 aromatic rings. The summed E-state index contributed by atoms with van der Waals surface area (Å²) in [7, 11) is 0. The molecule has 1 aliphatic rings. The van der Waals surface area contributed by atoms with Crippen LogP contribution in [0.25, 0.3) is 0 Å². The van der Waals surface area contributed by atoms with Gasteiger partial charge in [0, 0.05) is 37.8 Å². The first-order valence-electron chi connectivity index (χ1n) is 5.52. The van der Waals surface area contributed by atoms with Crippen molar-refractivity contribution in [2.24, 2.45) is 0 Å². The molecule has 0 amide bonds. The van der Waals surface area contributed by atoms with Crippen LogP contribution < -0.4 is 15.9 Å². The standard InChI is InChI=1S/C11H17N3O2/c15-14(16)11-3-1-9(2-4-11)7-10-8-12-5-6-13-10/h1-4,10,12-15H,5-8H2/t10-/m0/s1. The van der Waals surface area contributed by atoms with Crippen LogP contribution in [0, 0.1) is 5.21 Å². The van der Waals surface area contributed by atoms with Crippen molar-refractivity contribution in [2.45, 2.75) is 12.5 Å². The van der Waals surface area contributed by atoms with E-state index in [1.54, 1.807) is 12.1 Å². The molecule has 88 valence electrons. The average molecular weight is 223 g/mol. The summed E-state index contributed by atoms with van der Waals surface area (Å²) < 4.78 is 0. The lowest BCUT2D eigenvalue weighted by Crippen LogP contribution is -2.99. The van der Waals surface area contributed by atoms with Crippen LogP contribution in [0.3, 0.4) is 0 Å². The fraction of sp³-hybridized carbons (Fsp3) is 0.455. The molecular weight excluding hydrogens is 206 g/mol. The Morgan fingerprint density at radius 2 is 2.06 bits per heavy atom. The quantitative estimate of drug-likeness (QED) is 0.506. The van der Waals surface area contributed by atoms with Gasteiger partial charge in [-0.1, -0.05) is 12.1 Å². The molecule has 1 aliphatic heterocycles. The van der Waals surface area contributed by atoms with Crippen LogP contribution in [0.2, 0.25) is 0 Å². The lowest BCUT2D eigenvalue weighted by molar-refractivity contribution is -0.991. The van der Waals surface area contributed by atoms with Crippen LogP contribution in [-0.2, 0) is 6.42 Å². The van der Waals surface area contributed by atoms with Crippen LogP contribution in [0.4, 0.5) is 5.69 Å². The van der Waals surface area contributed by atoms with Crippen molar-refractivity contribution in [1.29, 1.82) is 0 Å². The normalized spacial score (nSPS) is 23.0. The van der Waals surface area contributed by atoms with Crippen molar-refractivity contribution in [3.63, 3.8) is 0 Å². The highest BCUT2D eigenvalue weighted by Gasteiger charge is 2.12. The summed E-state index contributed by atoms with van der Waals surface area (Å²) in [5.74, 6) is 0. The molecule has 4 N–H and O–H groups in total. The first kappa shape index (κ1) is 11.5. The Balaban J connectivity index is 1.93. The van der Waals surface area contributed by atoms with Crippen LogP contribution in [0.15, 0.2) is 24.3 Å². The van der Waals surface area contributed by atoms with Crippen molar-refractivity contribution >= 4 is 5.69 Å². The Labute approximate surface area is 94.6 Å². The summed E-state index contributed by atoms with van der Waals surface area (Å²) in [4.78, 5) is 0. The Morgan fingerprint density at radius 1 is 1.31 bits per heavy atom. The van der Waals surface area contributed by atoms with Crippen molar-refractivity contribution in [3.05, 3.63) is 35.0 Å². The van der Waals surface area contributed by atoms with Gasteiger partial charge in [0.05, 0.1) is 0 Å². The first-order chi connectivity index (χ1) is 7.75. The zero-order valence-corrected chi connectivity index (χ0v) is 9.07. The summed E-state index contributed by atoms with van der Waals surface area (Å²) in [6.45, 7) is 2.99. The molecular formula is C11H17N3O2. The van der Waals surface area contributed by atoms with Crippen molar-refractivity contribution in [3.8, 4) is 0 Å². The van der Waals surface area contributed by atoms with Gasteiger partial charge in [0.2, 0.25) is 0 Å². The minimum absolute atomic E-state index is 0.346. The van der Waals surface area contributed by atoms with E-state index in [0.29, 0.717) is 11.7 Å². The van der Waals surface area contributed by atoms with Gasteiger partial charge >= 0.3 is 0 Å². The molecule has 2 atom stereocenters. The van der Waals surface area contributed by atoms with E-state index in [9.17, 15) is 5.21 Å². The number of piperazine rings is 1.